The molecule has 3 nitrogen and oxygen atoms in total. The summed E-state index contributed by atoms with van der Waals surface area (Å²) < 4.78 is 0. The predicted octanol–water partition coefficient (Wildman–Crippen LogP) is 2.11. The van der Waals surface area contributed by atoms with Crippen molar-refractivity contribution in [3.05, 3.63) is 35.4 Å². The molecule has 1 atom stereocenters. The molecule has 2 rings (SSSR count). The van der Waals surface area contributed by atoms with Crippen molar-refractivity contribution >= 4 is 5.91 Å². The maximum Gasteiger partial charge on any atom is 0.253 e. The van der Waals surface area contributed by atoms with Crippen LogP contribution in [0, 0.1) is 23.7 Å². The largest absolute Gasteiger partial charge is 0.338 e. The average Bonchev–Trinajstić information content (AvgIpc) is 2.94. The van der Waals surface area contributed by atoms with Gasteiger partial charge < -0.3 is 10.6 Å². The molecular weight excluding hydrogens is 248 g/mol. The topological polar surface area (TPSA) is 46.3 Å². The Morgan fingerprint density at radius 1 is 1.50 bits per heavy atom. The number of likely N-dealkylation sites (tertiary alicyclic amines) is 1. The summed E-state index contributed by atoms with van der Waals surface area (Å²) in [6.45, 7) is 6.51. The summed E-state index contributed by atoms with van der Waals surface area (Å²) >= 11 is 0. The molecule has 1 aromatic rings. The first-order chi connectivity index (χ1) is 9.61. The van der Waals surface area contributed by atoms with E-state index >= 15 is 0 Å². The highest BCUT2D eigenvalue weighted by Gasteiger charge is 2.28. The van der Waals surface area contributed by atoms with Crippen molar-refractivity contribution in [2.24, 2.45) is 17.6 Å². The minimum Gasteiger partial charge on any atom is -0.338 e. The van der Waals surface area contributed by atoms with Crippen LogP contribution in [0.2, 0.25) is 0 Å². The molecule has 0 radical (unpaired) electrons. The van der Waals surface area contributed by atoms with Gasteiger partial charge in [-0.3, -0.25) is 4.79 Å². The summed E-state index contributed by atoms with van der Waals surface area (Å²) in [7, 11) is 0. The molecule has 1 unspecified atom stereocenters. The Hall–Kier alpha value is -1.79. The van der Waals surface area contributed by atoms with Crippen LogP contribution < -0.4 is 5.73 Å². The van der Waals surface area contributed by atoms with Crippen LogP contribution >= 0.6 is 0 Å². The van der Waals surface area contributed by atoms with Crippen LogP contribution in [0.3, 0.4) is 0 Å². The zero-order chi connectivity index (χ0) is 14.5. The molecule has 1 aromatic carbocycles. The SMILES string of the molecule is CC(C)C1CCN(C(=O)c2cccc(C#CCN)c2)C1. The second-order valence-corrected chi connectivity index (χ2v) is 5.63. The van der Waals surface area contributed by atoms with Gasteiger partial charge in [0.25, 0.3) is 5.91 Å². The molecule has 0 spiro atoms. The lowest BCUT2D eigenvalue weighted by molar-refractivity contribution is 0.0784. The van der Waals surface area contributed by atoms with Gasteiger partial charge in [0.15, 0.2) is 0 Å². The molecule has 1 fully saturated rings. The van der Waals surface area contributed by atoms with Gasteiger partial charge in [0.2, 0.25) is 0 Å². The summed E-state index contributed by atoms with van der Waals surface area (Å²) in [4.78, 5) is 14.5. The van der Waals surface area contributed by atoms with Gasteiger partial charge in [-0.05, 0) is 36.5 Å². The molecule has 0 saturated carbocycles. The molecule has 0 aliphatic carbocycles. The Labute approximate surface area is 121 Å². The van der Waals surface area contributed by atoms with E-state index in [4.69, 9.17) is 5.73 Å². The first-order valence-corrected chi connectivity index (χ1v) is 7.20. The Bertz CT molecular complexity index is 539. The third-order valence-electron chi connectivity index (χ3n) is 3.90. The maximum absolute atomic E-state index is 12.5. The van der Waals surface area contributed by atoms with Gasteiger partial charge in [0.1, 0.15) is 0 Å². The van der Waals surface area contributed by atoms with E-state index < -0.39 is 0 Å². The summed E-state index contributed by atoms with van der Waals surface area (Å²) in [5.74, 6) is 7.16. The van der Waals surface area contributed by atoms with Gasteiger partial charge >= 0.3 is 0 Å². The van der Waals surface area contributed by atoms with Gasteiger partial charge in [-0.1, -0.05) is 31.8 Å². The number of carbonyl (C=O) groups excluding carboxylic acids is 1. The second-order valence-electron chi connectivity index (χ2n) is 5.63. The Balaban J connectivity index is 2.10. The van der Waals surface area contributed by atoms with Crippen LogP contribution in [-0.4, -0.2) is 30.4 Å². The van der Waals surface area contributed by atoms with Crippen LogP contribution in [0.25, 0.3) is 0 Å². The van der Waals surface area contributed by atoms with Crippen LogP contribution in [-0.2, 0) is 0 Å². The molecular formula is C17H22N2O. The number of carbonyl (C=O) groups is 1. The molecule has 1 aliphatic heterocycles. The number of rotatable bonds is 2. The van der Waals surface area contributed by atoms with Gasteiger partial charge in [-0.25, -0.2) is 0 Å². The third kappa shape index (κ3) is 3.40. The van der Waals surface area contributed by atoms with Gasteiger partial charge in [-0.15, -0.1) is 0 Å². The number of nitrogens with two attached hydrogens (primary N) is 1. The van der Waals surface area contributed by atoms with E-state index in [1.54, 1.807) is 0 Å². The second kappa shape index (κ2) is 6.58. The fourth-order valence-corrected chi connectivity index (χ4v) is 2.58. The fourth-order valence-electron chi connectivity index (χ4n) is 2.58. The first kappa shape index (κ1) is 14.6. The average molecular weight is 270 g/mol. The minimum atomic E-state index is 0.115. The normalized spacial score (nSPS) is 18.0. The van der Waals surface area contributed by atoms with E-state index in [9.17, 15) is 4.79 Å². The zero-order valence-corrected chi connectivity index (χ0v) is 12.2. The number of hydrogen-bond donors (Lipinski definition) is 1. The third-order valence-corrected chi connectivity index (χ3v) is 3.90. The Kier molecular flexibility index (Phi) is 4.81. The zero-order valence-electron chi connectivity index (χ0n) is 12.2. The predicted molar refractivity (Wildman–Crippen MR) is 81.2 cm³/mol. The maximum atomic E-state index is 12.5. The molecule has 2 N–H and O–H groups in total. The quantitative estimate of drug-likeness (QED) is 0.837. The van der Waals surface area contributed by atoms with Crippen molar-refractivity contribution in [2.75, 3.05) is 19.6 Å². The molecule has 1 saturated heterocycles. The Morgan fingerprint density at radius 2 is 2.30 bits per heavy atom. The summed E-state index contributed by atoms with van der Waals surface area (Å²) in [5, 5.41) is 0. The lowest BCUT2D eigenvalue weighted by Crippen LogP contribution is -2.29. The van der Waals surface area contributed by atoms with E-state index in [1.165, 1.54) is 0 Å². The smallest absolute Gasteiger partial charge is 0.253 e. The van der Waals surface area contributed by atoms with Crippen molar-refractivity contribution < 1.29 is 4.79 Å². The van der Waals surface area contributed by atoms with Crippen molar-refractivity contribution in [3.63, 3.8) is 0 Å². The Morgan fingerprint density at radius 3 is 2.95 bits per heavy atom. The van der Waals surface area contributed by atoms with E-state index in [0.29, 0.717) is 18.4 Å². The van der Waals surface area contributed by atoms with Crippen molar-refractivity contribution in [2.45, 2.75) is 20.3 Å². The standard InChI is InChI=1S/C17H22N2O/c1-13(2)16-8-10-19(12-16)17(20)15-7-3-5-14(11-15)6-4-9-18/h3,5,7,11,13,16H,8-10,12,18H2,1-2H3. The number of benzene rings is 1. The lowest BCUT2D eigenvalue weighted by atomic mass is 9.95. The monoisotopic (exact) mass is 270 g/mol. The fraction of sp³-hybridized carbons (Fsp3) is 0.471. The molecule has 106 valence electrons. The molecule has 1 aliphatic rings. The van der Waals surface area contributed by atoms with Crippen LogP contribution in [0.4, 0.5) is 0 Å². The number of nitrogens with zero attached hydrogens (tertiary/aromatic N) is 1. The van der Waals surface area contributed by atoms with Gasteiger partial charge in [0.05, 0.1) is 6.54 Å². The minimum absolute atomic E-state index is 0.115. The highest BCUT2D eigenvalue weighted by Crippen LogP contribution is 2.25. The van der Waals surface area contributed by atoms with Crippen molar-refractivity contribution in [1.82, 2.24) is 4.90 Å². The molecule has 3 heteroatoms. The highest BCUT2D eigenvalue weighted by atomic mass is 16.2. The summed E-state index contributed by atoms with van der Waals surface area (Å²) in [6.07, 6.45) is 1.11. The first-order valence-electron chi connectivity index (χ1n) is 7.20. The highest BCUT2D eigenvalue weighted by molar-refractivity contribution is 5.94. The molecule has 0 aromatic heterocycles. The van der Waals surface area contributed by atoms with E-state index in [-0.39, 0.29) is 5.91 Å². The van der Waals surface area contributed by atoms with Crippen molar-refractivity contribution in [1.29, 1.82) is 0 Å². The van der Waals surface area contributed by atoms with Crippen molar-refractivity contribution in [3.8, 4) is 11.8 Å². The van der Waals surface area contributed by atoms with Gasteiger partial charge in [-0.2, -0.15) is 0 Å². The molecule has 0 bridgehead atoms. The van der Waals surface area contributed by atoms with E-state index in [2.05, 4.69) is 25.7 Å². The van der Waals surface area contributed by atoms with E-state index in [1.807, 2.05) is 29.2 Å². The number of hydrogen-bond acceptors (Lipinski definition) is 2. The van der Waals surface area contributed by atoms with Crippen LogP contribution in [0.5, 0.6) is 0 Å². The molecule has 20 heavy (non-hydrogen) atoms. The molecule has 1 amide bonds. The van der Waals surface area contributed by atoms with E-state index in [0.717, 1.165) is 30.6 Å². The summed E-state index contributed by atoms with van der Waals surface area (Å²) in [6, 6.07) is 7.50. The summed E-state index contributed by atoms with van der Waals surface area (Å²) in [5.41, 5.74) is 6.94. The number of amides is 1. The van der Waals surface area contributed by atoms with Crippen LogP contribution in [0.1, 0.15) is 36.2 Å². The van der Waals surface area contributed by atoms with Gasteiger partial charge in [0, 0.05) is 24.2 Å². The molecule has 1 heterocycles. The van der Waals surface area contributed by atoms with Crippen LogP contribution in [0.15, 0.2) is 24.3 Å². The lowest BCUT2D eigenvalue weighted by Gasteiger charge is -2.18.